The highest BCUT2D eigenvalue weighted by molar-refractivity contribution is 5.94. The highest BCUT2D eigenvalue weighted by Gasteiger charge is 2.24. The summed E-state index contributed by atoms with van der Waals surface area (Å²) in [5.41, 5.74) is 3.86. The normalized spacial score (nSPS) is 17.7. The van der Waals surface area contributed by atoms with E-state index < -0.39 is 0 Å². The minimum Gasteiger partial charge on any atom is -0.355 e. The van der Waals surface area contributed by atoms with Crippen LogP contribution in [0.5, 0.6) is 0 Å². The van der Waals surface area contributed by atoms with Crippen molar-refractivity contribution in [2.45, 2.75) is 26.7 Å². The molecule has 6 nitrogen and oxygen atoms in total. The first-order valence-electron chi connectivity index (χ1n) is 7.73. The predicted molar refractivity (Wildman–Crippen MR) is 87.4 cm³/mol. The van der Waals surface area contributed by atoms with Crippen molar-refractivity contribution in [3.8, 4) is 5.69 Å². The van der Waals surface area contributed by atoms with Crippen LogP contribution in [0, 0.1) is 19.8 Å². The highest BCUT2D eigenvalue weighted by Crippen LogP contribution is 2.18. The maximum atomic E-state index is 12.2. The molecule has 0 radical (unpaired) electrons. The molecule has 2 heterocycles. The van der Waals surface area contributed by atoms with Crippen molar-refractivity contribution in [2.75, 3.05) is 11.9 Å². The van der Waals surface area contributed by atoms with Crippen LogP contribution in [0.2, 0.25) is 0 Å². The smallest absolute Gasteiger partial charge is 0.229 e. The number of hydrogen-bond donors (Lipinski definition) is 2. The summed E-state index contributed by atoms with van der Waals surface area (Å²) < 4.78 is 2.01. The molecule has 1 atom stereocenters. The number of nitrogens with one attached hydrogen (secondary N) is 2. The van der Waals surface area contributed by atoms with Crippen LogP contribution in [0.25, 0.3) is 5.69 Å². The van der Waals surface area contributed by atoms with E-state index >= 15 is 0 Å². The average molecular weight is 312 g/mol. The monoisotopic (exact) mass is 312 g/mol. The van der Waals surface area contributed by atoms with Crippen LogP contribution in [-0.2, 0) is 9.59 Å². The molecule has 0 spiro atoms. The minimum absolute atomic E-state index is 0.0180. The lowest BCUT2D eigenvalue weighted by molar-refractivity contribution is -0.126. The fraction of sp³-hybridized carbons (Fsp3) is 0.353. The van der Waals surface area contributed by atoms with Crippen molar-refractivity contribution in [3.05, 3.63) is 42.0 Å². The molecule has 0 bridgehead atoms. The van der Waals surface area contributed by atoms with Gasteiger partial charge < -0.3 is 15.2 Å². The Balaban J connectivity index is 1.67. The van der Waals surface area contributed by atoms with E-state index in [4.69, 9.17) is 0 Å². The van der Waals surface area contributed by atoms with Gasteiger partial charge in [-0.3, -0.25) is 9.59 Å². The number of nitrogens with zero attached hydrogens (tertiary/aromatic N) is 2. The zero-order chi connectivity index (χ0) is 16.4. The lowest BCUT2D eigenvalue weighted by atomic mass is 9.98. The lowest BCUT2D eigenvalue weighted by Gasteiger charge is -2.21. The topological polar surface area (TPSA) is 76.0 Å². The van der Waals surface area contributed by atoms with Gasteiger partial charge in [0.25, 0.3) is 0 Å². The maximum Gasteiger partial charge on any atom is 0.229 e. The average Bonchev–Trinajstić information content (AvgIpc) is 2.88. The number of amides is 2. The van der Waals surface area contributed by atoms with Crippen LogP contribution in [0.1, 0.15) is 24.2 Å². The van der Waals surface area contributed by atoms with E-state index in [1.807, 2.05) is 42.7 Å². The molecular formula is C17H20N4O2. The molecule has 1 unspecified atom stereocenters. The van der Waals surface area contributed by atoms with Crippen molar-refractivity contribution in [1.29, 1.82) is 0 Å². The number of aryl methyl sites for hydroxylation is 1. The Hall–Kier alpha value is -2.63. The summed E-state index contributed by atoms with van der Waals surface area (Å²) >= 11 is 0. The first-order valence-corrected chi connectivity index (χ1v) is 7.73. The van der Waals surface area contributed by atoms with E-state index in [0.29, 0.717) is 19.4 Å². The third-order valence-electron chi connectivity index (χ3n) is 4.30. The summed E-state index contributed by atoms with van der Waals surface area (Å²) in [6, 6.07) is 7.66. The SMILES string of the molecule is Cc1ncn(-c2ccc(NC(=O)C3CCC(=O)NC3)cc2)c1C. The second kappa shape index (κ2) is 6.24. The Morgan fingerprint density at radius 1 is 1.30 bits per heavy atom. The van der Waals surface area contributed by atoms with Crippen molar-refractivity contribution in [2.24, 2.45) is 5.92 Å². The van der Waals surface area contributed by atoms with Gasteiger partial charge in [-0.25, -0.2) is 4.98 Å². The minimum atomic E-state index is -0.161. The third-order valence-corrected chi connectivity index (χ3v) is 4.30. The van der Waals surface area contributed by atoms with E-state index in [9.17, 15) is 9.59 Å². The van der Waals surface area contributed by atoms with Crippen LogP contribution in [0.15, 0.2) is 30.6 Å². The fourth-order valence-electron chi connectivity index (χ4n) is 2.67. The van der Waals surface area contributed by atoms with E-state index in [1.165, 1.54) is 0 Å². The number of piperidine rings is 1. The number of rotatable bonds is 3. The zero-order valence-electron chi connectivity index (χ0n) is 13.3. The zero-order valence-corrected chi connectivity index (χ0v) is 13.3. The molecule has 2 N–H and O–H groups in total. The molecule has 3 rings (SSSR count). The number of aromatic nitrogens is 2. The molecule has 1 saturated heterocycles. The van der Waals surface area contributed by atoms with Gasteiger partial charge >= 0.3 is 0 Å². The quantitative estimate of drug-likeness (QED) is 0.909. The van der Waals surface area contributed by atoms with Crippen molar-refractivity contribution < 1.29 is 9.59 Å². The Labute approximate surface area is 134 Å². The van der Waals surface area contributed by atoms with Crippen LogP contribution in [0.4, 0.5) is 5.69 Å². The summed E-state index contributed by atoms with van der Waals surface area (Å²) in [5, 5.41) is 5.64. The molecule has 0 aliphatic carbocycles. The molecule has 120 valence electrons. The van der Waals surface area contributed by atoms with Crippen molar-refractivity contribution in [1.82, 2.24) is 14.9 Å². The number of carbonyl (C=O) groups is 2. The van der Waals surface area contributed by atoms with Crippen LogP contribution < -0.4 is 10.6 Å². The summed E-state index contributed by atoms with van der Waals surface area (Å²) in [6.07, 6.45) is 2.81. The van der Waals surface area contributed by atoms with Gasteiger partial charge in [0.15, 0.2) is 0 Å². The summed E-state index contributed by atoms with van der Waals surface area (Å²) in [6.45, 7) is 4.41. The molecule has 1 aliphatic rings. The van der Waals surface area contributed by atoms with Gasteiger partial charge in [-0.05, 0) is 44.5 Å². The second-order valence-corrected chi connectivity index (χ2v) is 5.86. The van der Waals surface area contributed by atoms with Crippen molar-refractivity contribution in [3.63, 3.8) is 0 Å². The number of hydrogen-bond acceptors (Lipinski definition) is 3. The van der Waals surface area contributed by atoms with Gasteiger partial charge in [-0.15, -0.1) is 0 Å². The summed E-state index contributed by atoms with van der Waals surface area (Å²) in [7, 11) is 0. The number of carbonyl (C=O) groups excluding carboxylic acids is 2. The Kier molecular flexibility index (Phi) is 4.14. The van der Waals surface area contributed by atoms with Crippen LogP contribution in [-0.4, -0.2) is 27.9 Å². The van der Waals surface area contributed by atoms with E-state index in [1.54, 1.807) is 6.33 Å². The molecule has 1 aliphatic heterocycles. The molecule has 0 saturated carbocycles. The summed E-state index contributed by atoms with van der Waals surface area (Å²) in [4.78, 5) is 27.6. The van der Waals surface area contributed by atoms with Gasteiger partial charge in [-0.2, -0.15) is 0 Å². The maximum absolute atomic E-state index is 12.2. The lowest BCUT2D eigenvalue weighted by Crippen LogP contribution is -2.40. The first kappa shape index (κ1) is 15.3. The van der Waals surface area contributed by atoms with Crippen molar-refractivity contribution >= 4 is 17.5 Å². The molecular weight excluding hydrogens is 292 g/mol. The predicted octanol–water partition coefficient (Wildman–Crippen LogP) is 1.95. The Morgan fingerprint density at radius 3 is 2.61 bits per heavy atom. The van der Waals surface area contributed by atoms with Gasteiger partial charge in [0.1, 0.15) is 0 Å². The standard InChI is InChI=1S/C17H20N4O2/c1-11-12(2)21(10-19-11)15-6-4-14(5-7-15)20-17(23)13-3-8-16(22)18-9-13/h4-7,10,13H,3,8-9H2,1-2H3,(H,18,22)(H,20,23). The van der Waals surface area contributed by atoms with Gasteiger partial charge in [0.2, 0.25) is 11.8 Å². The van der Waals surface area contributed by atoms with E-state index in [-0.39, 0.29) is 17.7 Å². The summed E-state index contributed by atoms with van der Waals surface area (Å²) in [5.74, 6) is -0.192. The van der Waals surface area contributed by atoms with Crippen LogP contribution in [0.3, 0.4) is 0 Å². The first-order chi connectivity index (χ1) is 11.0. The fourth-order valence-corrected chi connectivity index (χ4v) is 2.67. The van der Waals surface area contributed by atoms with Gasteiger partial charge in [0, 0.05) is 30.0 Å². The Morgan fingerprint density at radius 2 is 2.04 bits per heavy atom. The molecule has 2 aromatic rings. The second-order valence-electron chi connectivity index (χ2n) is 5.86. The van der Waals surface area contributed by atoms with Crippen LogP contribution >= 0.6 is 0 Å². The van der Waals surface area contributed by atoms with E-state index in [0.717, 1.165) is 22.8 Å². The van der Waals surface area contributed by atoms with E-state index in [2.05, 4.69) is 15.6 Å². The third kappa shape index (κ3) is 3.26. The molecule has 1 fully saturated rings. The molecule has 1 aromatic heterocycles. The molecule has 23 heavy (non-hydrogen) atoms. The van der Waals surface area contributed by atoms with Gasteiger partial charge in [-0.1, -0.05) is 0 Å². The highest BCUT2D eigenvalue weighted by atomic mass is 16.2. The largest absolute Gasteiger partial charge is 0.355 e. The Bertz CT molecular complexity index is 724. The number of anilines is 1. The molecule has 6 heteroatoms. The van der Waals surface area contributed by atoms with Gasteiger partial charge in [0.05, 0.1) is 17.9 Å². The molecule has 2 amide bonds. The molecule has 1 aromatic carbocycles. The number of imidazole rings is 1. The number of benzene rings is 1.